The van der Waals surface area contributed by atoms with Gasteiger partial charge in [0.25, 0.3) is 6.01 Å². The lowest BCUT2D eigenvalue weighted by atomic mass is 9.94. The van der Waals surface area contributed by atoms with Crippen molar-refractivity contribution in [1.29, 1.82) is 0 Å². The molecule has 1 amide bonds. The number of carbonyl (C=O) groups excluding carboxylic acids is 1. The minimum absolute atomic E-state index is 0.0321. The summed E-state index contributed by atoms with van der Waals surface area (Å²) in [4.78, 5) is 22.9. The third-order valence-corrected chi connectivity index (χ3v) is 4.90. The highest BCUT2D eigenvalue weighted by Crippen LogP contribution is 2.26. The number of benzene rings is 1. The highest BCUT2D eigenvalue weighted by atomic mass is 19.1. The number of carbonyl (C=O) groups is 1. The van der Waals surface area contributed by atoms with Crippen molar-refractivity contribution in [3.8, 4) is 0 Å². The predicted octanol–water partition coefficient (Wildman–Crippen LogP) is 3.42. The fourth-order valence-electron chi connectivity index (χ4n) is 3.51. The topological polar surface area (TPSA) is 71.3 Å². The van der Waals surface area contributed by atoms with Crippen LogP contribution in [0.15, 0.2) is 40.9 Å². The standard InChI is InChI=1S/C20H20F2N4O2/c21-15-5-6-16(22)14(10-15)11-24-18(27)9-13-3-2-8-26(12-13)20-25-19-17(28-20)4-1-7-23-19/h1,4-7,10,13H,2-3,8-9,11-12H2,(H,24,27). The number of hydrogen-bond donors (Lipinski definition) is 1. The second-order valence-corrected chi connectivity index (χ2v) is 6.99. The molecule has 3 heterocycles. The first-order valence-electron chi connectivity index (χ1n) is 9.25. The Hall–Kier alpha value is -3.03. The molecule has 6 nitrogen and oxygen atoms in total. The normalized spacial score (nSPS) is 17.1. The molecule has 0 bridgehead atoms. The Kier molecular flexibility index (Phi) is 5.18. The molecule has 1 fully saturated rings. The molecule has 0 saturated carbocycles. The largest absolute Gasteiger partial charge is 0.422 e. The molecule has 4 rings (SSSR count). The molecule has 1 atom stereocenters. The molecule has 1 aliphatic heterocycles. The summed E-state index contributed by atoms with van der Waals surface area (Å²) in [7, 11) is 0. The first kappa shape index (κ1) is 18.3. The minimum Gasteiger partial charge on any atom is -0.422 e. The summed E-state index contributed by atoms with van der Waals surface area (Å²) in [5.74, 6) is -1.11. The molecule has 0 aliphatic carbocycles. The van der Waals surface area contributed by atoms with E-state index in [1.807, 2.05) is 11.0 Å². The molecule has 0 spiro atoms. The van der Waals surface area contributed by atoms with Crippen LogP contribution in [0.3, 0.4) is 0 Å². The van der Waals surface area contributed by atoms with Gasteiger partial charge in [0.15, 0.2) is 5.58 Å². The van der Waals surface area contributed by atoms with Gasteiger partial charge in [0.2, 0.25) is 11.6 Å². The van der Waals surface area contributed by atoms with Crippen LogP contribution in [0.2, 0.25) is 0 Å². The number of piperidine rings is 1. The van der Waals surface area contributed by atoms with E-state index in [-0.39, 0.29) is 23.9 Å². The fourth-order valence-corrected chi connectivity index (χ4v) is 3.51. The van der Waals surface area contributed by atoms with Crippen LogP contribution in [0.5, 0.6) is 0 Å². The molecule has 28 heavy (non-hydrogen) atoms. The molecule has 0 radical (unpaired) electrons. The van der Waals surface area contributed by atoms with Crippen LogP contribution in [0.4, 0.5) is 14.8 Å². The Morgan fingerprint density at radius 1 is 1.32 bits per heavy atom. The van der Waals surface area contributed by atoms with E-state index in [1.165, 1.54) is 0 Å². The number of anilines is 1. The second-order valence-electron chi connectivity index (χ2n) is 6.99. The summed E-state index contributed by atoms with van der Waals surface area (Å²) in [5.41, 5.74) is 1.33. The first-order chi connectivity index (χ1) is 13.6. The number of rotatable bonds is 5. The van der Waals surface area contributed by atoms with Crippen molar-refractivity contribution in [3.63, 3.8) is 0 Å². The van der Waals surface area contributed by atoms with Gasteiger partial charge in [0.1, 0.15) is 11.6 Å². The van der Waals surface area contributed by atoms with E-state index in [0.717, 1.165) is 37.6 Å². The van der Waals surface area contributed by atoms with Gasteiger partial charge in [-0.1, -0.05) is 0 Å². The summed E-state index contributed by atoms with van der Waals surface area (Å²) in [6.07, 6.45) is 3.81. The maximum atomic E-state index is 13.7. The van der Waals surface area contributed by atoms with Crippen LogP contribution < -0.4 is 10.2 Å². The van der Waals surface area contributed by atoms with Crippen molar-refractivity contribution in [2.45, 2.75) is 25.8 Å². The number of pyridine rings is 1. The summed E-state index contributed by atoms with van der Waals surface area (Å²) in [6.45, 7) is 1.42. The van der Waals surface area contributed by atoms with Gasteiger partial charge >= 0.3 is 0 Å². The molecule has 1 N–H and O–H groups in total. The molecule has 146 valence electrons. The van der Waals surface area contributed by atoms with Crippen LogP contribution in [-0.2, 0) is 11.3 Å². The molecule has 1 aromatic carbocycles. The van der Waals surface area contributed by atoms with E-state index in [2.05, 4.69) is 15.3 Å². The maximum Gasteiger partial charge on any atom is 0.299 e. The predicted molar refractivity (Wildman–Crippen MR) is 99.6 cm³/mol. The Morgan fingerprint density at radius 2 is 2.21 bits per heavy atom. The third-order valence-electron chi connectivity index (χ3n) is 4.90. The lowest BCUT2D eigenvalue weighted by Gasteiger charge is -2.31. The second kappa shape index (κ2) is 7.92. The van der Waals surface area contributed by atoms with Gasteiger partial charge in [-0.3, -0.25) is 4.79 Å². The maximum absolute atomic E-state index is 13.7. The van der Waals surface area contributed by atoms with Crippen LogP contribution >= 0.6 is 0 Å². The van der Waals surface area contributed by atoms with Gasteiger partial charge in [-0.05, 0) is 49.1 Å². The quantitative estimate of drug-likeness (QED) is 0.728. The van der Waals surface area contributed by atoms with E-state index in [0.29, 0.717) is 30.2 Å². The number of nitrogens with one attached hydrogen (secondary N) is 1. The van der Waals surface area contributed by atoms with Crippen LogP contribution in [-0.4, -0.2) is 29.0 Å². The van der Waals surface area contributed by atoms with Gasteiger partial charge in [0, 0.05) is 37.8 Å². The van der Waals surface area contributed by atoms with E-state index < -0.39 is 11.6 Å². The van der Waals surface area contributed by atoms with Crippen LogP contribution in [0.1, 0.15) is 24.8 Å². The number of amides is 1. The molecular formula is C20H20F2N4O2. The Balaban J connectivity index is 1.34. The van der Waals surface area contributed by atoms with Gasteiger partial charge in [-0.15, -0.1) is 0 Å². The Bertz CT molecular complexity index is 958. The zero-order valence-electron chi connectivity index (χ0n) is 15.2. The molecule has 1 saturated heterocycles. The number of hydrogen-bond acceptors (Lipinski definition) is 5. The minimum atomic E-state index is -0.532. The van der Waals surface area contributed by atoms with E-state index in [4.69, 9.17) is 4.42 Å². The Morgan fingerprint density at radius 3 is 3.07 bits per heavy atom. The summed E-state index contributed by atoms with van der Waals surface area (Å²) in [6, 6.07) is 7.34. The zero-order valence-corrected chi connectivity index (χ0v) is 15.2. The Labute approximate surface area is 160 Å². The van der Waals surface area contributed by atoms with E-state index in [1.54, 1.807) is 12.3 Å². The fraction of sp³-hybridized carbons (Fsp3) is 0.350. The number of oxazole rings is 1. The van der Waals surface area contributed by atoms with Crippen molar-refractivity contribution in [1.82, 2.24) is 15.3 Å². The molecule has 1 unspecified atom stereocenters. The van der Waals surface area contributed by atoms with Crippen molar-refractivity contribution in [2.75, 3.05) is 18.0 Å². The zero-order chi connectivity index (χ0) is 19.5. The summed E-state index contributed by atoms with van der Waals surface area (Å²) in [5, 5.41) is 2.68. The molecule has 2 aromatic heterocycles. The van der Waals surface area contributed by atoms with Gasteiger partial charge in [0.05, 0.1) is 0 Å². The van der Waals surface area contributed by atoms with Crippen molar-refractivity contribution in [2.24, 2.45) is 5.92 Å². The SMILES string of the molecule is O=C(CC1CCCN(c2nc3ncccc3o2)C1)NCc1cc(F)ccc1F. The van der Waals surface area contributed by atoms with Gasteiger partial charge in [-0.2, -0.15) is 4.98 Å². The number of aromatic nitrogens is 2. The summed E-state index contributed by atoms with van der Waals surface area (Å²) < 4.78 is 32.6. The number of nitrogens with zero attached hydrogens (tertiary/aromatic N) is 3. The number of halogens is 2. The van der Waals surface area contributed by atoms with Crippen molar-refractivity contribution < 1.29 is 18.0 Å². The van der Waals surface area contributed by atoms with Crippen molar-refractivity contribution >= 4 is 23.2 Å². The van der Waals surface area contributed by atoms with E-state index >= 15 is 0 Å². The van der Waals surface area contributed by atoms with Crippen LogP contribution in [0, 0.1) is 17.6 Å². The van der Waals surface area contributed by atoms with Gasteiger partial charge in [-0.25, -0.2) is 13.8 Å². The highest BCUT2D eigenvalue weighted by molar-refractivity contribution is 5.76. The lowest BCUT2D eigenvalue weighted by molar-refractivity contribution is -0.122. The molecule has 8 heteroatoms. The van der Waals surface area contributed by atoms with Crippen molar-refractivity contribution in [3.05, 3.63) is 53.7 Å². The molecule has 1 aliphatic rings. The lowest BCUT2D eigenvalue weighted by Crippen LogP contribution is -2.38. The third kappa shape index (κ3) is 4.11. The molecular weight excluding hydrogens is 366 g/mol. The van der Waals surface area contributed by atoms with Gasteiger partial charge < -0.3 is 14.6 Å². The average Bonchev–Trinajstić information content (AvgIpc) is 3.13. The highest BCUT2D eigenvalue weighted by Gasteiger charge is 2.25. The van der Waals surface area contributed by atoms with E-state index in [9.17, 15) is 13.6 Å². The smallest absolute Gasteiger partial charge is 0.299 e. The summed E-state index contributed by atoms with van der Waals surface area (Å²) >= 11 is 0. The number of fused-ring (bicyclic) bond motifs is 1. The average molecular weight is 386 g/mol. The first-order valence-corrected chi connectivity index (χ1v) is 9.25. The van der Waals surface area contributed by atoms with Crippen LogP contribution in [0.25, 0.3) is 11.2 Å². The monoisotopic (exact) mass is 386 g/mol. The molecule has 3 aromatic rings.